The summed E-state index contributed by atoms with van der Waals surface area (Å²) >= 11 is 1.27. The molecular weight excluding hydrogens is 392 g/mol. The molecule has 0 atom stereocenters. The highest BCUT2D eigenvalue weighted by atomic mass is 35.5. The number of fused-ring (bicyclic) bond motifs is 1. The van der Waals surface area contributed by atoms with Crippen molar-refractivity contribution in [3.8, 4) is 0 Å². The van der Waals surface area contributed by atoms with Crippen LogP contribution >= 0.6 is 23.7 Å². The lowest BCUT2D eigenvalue weighted by atomic mass is 10.3. The molecule has 0 bridgehead atoms. The van der Waals surface area contributed by atoms with Gasteiger partial charge in [-0.1, -0.05) is 18.2 Å². The van der Waals surface area contributed by atoms with E-state index in [0.29, 0.717) is 9.90 Å². The molecule has 6 nitrogen and oxygen atoms in total. The number of pyridine rings is 1. The van der Waals surface area contributed by atoms with E-state index in [1.165, 1.54) is 11.3 Å². The lowest BCUT2D eigenvalue weighted by molar-refractivity contribution is 0.586. The van der Waals surface area contributed by atoms with Crippen LogP contribution in [0.15, 0.2) is 52.9 Å². The molecule has 3 aromatic rings. The minimum atomic E-state index is -3.61. The minimum Gasteiger partial charge on any atom is -0.353 e. The second-order valence-corrected chi connectivity index (χ2v) is 8.79. The van der Waals surface area contributed by atoms with E-state index in [-0.39, 0.29) is 12.4 Å². The number of halogens is 1. The Balaban J connectivity index is 0.00000196. The Morgan fingerprint density at radius 2 is 1.85 bits per heavy atom. The number of hydrogen-bond acceptors (Lipinski definition) is 6. The molecule has 1 aliphatic heterocycles. The molecule has 0 saturated carbocycles. The van der Waals surface area contributed by atoms with Crippen LogP contribution in [0.3, 0.4) is 0 Å². The largest absolute Gasteiger partial charge is 0.353 e. The van der Waals surface area contributed by atoms with Crippen molar-refractivity contribution in [2.45, 2.75) is 4.21 Å². The lowest BCUT2D eigenvalue weighted by Crippen LogP contribution is -2.43. The molecule has 1 aliphatic rings. The number of rotatable bonds is 4. The van der Waals surface area contributed by atoms with Crippen molar-refractivity contribution in [3.63, 3.8) is 0 Å². The van der Waals surface area contributed by atoms with Gasteiger partial charge in [0.25, 0.3) is 10.0 Å². The van der Waals surface area contributed by atoms with Crippen LogP contribution in [0.2, 0.25) is 0 Å². The number of anilines is 2. The van der Waals surface area contributed by atoms with Crippen LogP contribution in [0.4, 0.5) is 11.5 Å². The number of para-hydroxylation sites is 1. The number of sulfonamides is 1. The van der Waals surface area contributed by atoms with Gasteiger partial charge >= 0.3 is 0 Å². The van der Waals surface area contributed by atoms with Gasteiger partial charge in [-0.3, -0.25) is 4.72 Å². The Bertz CT molecular complexity index is 986. The zero-order chi connectivity index (χ0) is 17.3. The quantitative estimate of drug-likeness (QED) is 0.691. The van der Waals surface area contributed by atoms with Gasteiger partial charge < -0.3 is 10.2 Å². The first-order valence-electron chi connectivity index (χ1n) is 8.05. The molecule has 26 heavy (non-hydrogen) atoms. The maximum atomic E-state index is 12.7. The number of aromatic nitrogens is 1. The van der Waals surface area contributed by atoms with Crippen LogP contribution in [0.1, 0.15) is 0 Å². The highest BCUT2D eigenvalue weighted by Gasteiger charge is 2.21. The van der Waals surface area contributed by atoms with Gasteiger partial charge in [-0.25, -0.2) is 13.4 Å². The van der Waals surface area contributed by atoms with Gasteiger partial charge in [-0.2, -0.15) is 0 Å². The molecule has 0 spiro atoms. The van der Waals surface area contributed by atoms with Gasteiger partial charge in [0, 0.05) is 38.1 Å². The summed E-state index contributed by atoms with van der Waals surface area (Å²) in [6, 6.07) is 12.5. The summed E-state index contributed by atoms with van der Waals surface area (Å²) in [4.78, 5) is 6.71. The van der Waals surface area contributed by atoms with Crippen LogP contribution in [0.25, 0.3) is 10.1 Å². The van der Waals surface area contributed by atoms with Gasteiger partial charge in [0.15, 0.2) is 0 Å². The number of hydrogen-bond donors (Lipinski definition) is 2. The topological polar surface area (TPSA) is 74.3 Å². The van der Waals surface area contributed by atoms with Gasteiger partial charge in [-0.15, -0.1) is 23.7 Å². The number of piperazine rings is 1. The fourth-order valence-electron chi connectivity index (χ4n) is 2.87. The number of thiophene rings is 1. The summed E-state index contributed by atoms with van der Waals surface area (Å²) in [7, 11) is -3.61. The van der Waals surface area contributed by atoms with E-state index in [1.54, 1.807) is 36.5 Å². The monoisotopic (exact) mass is 410 g/mol. The molecule has 2 N–H and O–H groups in total. The summed E-state index contributed by atoms with van der Waals surface area (Å²) in [6.45, 7) is 3.55. The van der Waals surface area contributed by atoms with Crippen molar-refractivity contribution in [1.29, 1.82) is 0 Å². The fraction of sp³-hybridized carbons (Fsp3) is 0.235. The molecule has 0 aliphatic carbocycles. The maximum Gasteiger partial charge on any atom is 0.271 e. The fourth-order valence-corrected chi connectivity index (χ4v) is 5.42. The van der Waals surface area contributed by atoms with Crippen LogP contribution in [-0.2, 0) is 10.0 Å². The first-order chi connectivity index (χ1) is 12.1. The zero-order valence-electron chi connectivity index (χ0n) is 13.9. The first kappa shape index (κ1) is 18.9. The van der Waals surface area contributed by atoms with Crippen LogP contribution in [0.5, 0.6) is 0 Å². The predicted octanol–water partition coefficient (Wildman–Crippen LogP) is 2.93. The van der Waals surface area contributed by atoms with Crippen LogP contribution < -0.4 is 14.9 Å². The first-order valence-corrected chi connectivity index (χ1v) is 10.4. The third-order valence-corrected chi connectivity index (χ3v) is 7.10. The van der Waals surface area contributed by atoms with Gasteiger partial charge in [-0.05, 0) is 29.7 Å². The Morgan fingerprint density at radius 1 is 1.12 bits per heavy atom. The smallest absolute Gasteiger partial charge is 0.271 e. The van der Waals surface area contributed by atoms with Crippen LogP contribution in [0, 0.1) is 0 Å². The molecular formula is C17H19ClN4O2S2. The van der Waals surface area contributed by atoms with Crippen LogP contribution in [-0.4, -0.2) is 39.6 Å². The molecule has 0 unspecified atom stereocenters. The molecule has 9 heteroatoms. The normalized spacial score (nSPS) is 14.8. The molecule has 1 fully saturated rings. The summed E-state index contributed by atoms with van der Waals surface area (Å²) < 4.78 is 29.3. The van der Waals surface area contributed by atoms with E-state index >= 15 is 0 Å². The molecule has 1 saturated heterocycles. The molecule has 4 rings (SSSR count). The maximum absolute atomic E-state index is 12.7. The number of nitrogens with one attached hydrogen (secondary N) is 2. The minimum absolute atomic E-state index is 0. The third kappa shape index (κ3) is 3.78. The lowest BCUT2D eigenvalue weighted by Gasteiger charge is -2.28. The summed E-state index contributed by atoms with van der Waals surface area (Å²) in [5, 5.41) is 4.22. The van der Waals surface area contributed by atoms with Crippen molar-refractivity contribution in [1.82, 2.24) is 10.3 Å². The molecule has 3 heterocycles. The average Bonchev–Trinajstić information content (AvgIpc) is 3.08. The highest BCUT2D eigenvalue weighted by molar-refractivity contribution is 7.94. The molecule has 0 amide bonds. The Hall–Kier alpha value is -1.87. The second-order valence-electron chi connectivity index (χ2n) is 5.83. The van der Waals surface area contributed by atoms with Gasteiger partial charge in [0.2, 0.25) is 0 Å². The summed E-state index contributed by atoms with van der Waals surface area (Å²) in [6.07, 6.45) is 1.74. The van der Waals surface area contributed by atoms with Crippen molar-refractivity contribution >= 4 is 55.4 Å². The van der Waals surface area contributed by atoms with Gasteiger partial charge in [0.05, 0.1) is 4.70 Å². The number of benzene rings is 1. The predicted molar refractivity (Wildman–Crippen MR) is 109 cm³/mol. The van der Waals surface area contributed by atoms with Crippen molar-refractivity contribution in [2.75, 3.05) is 35.8 Å². The van der Waals surface area contributed by atoms with Crippen molar-refractivity contribution < 1.29 is 8.42 Å². The van der Waals surface area contributed by atoms with E-state index in [2.05, 4.69) is 19.9 Å². The summed E-state index contributed by atoms with van der Waals surface area (Å²) in [5.41, 5.74) is 0.556. The standard InChI is InChI=1S/C17H18N4O2S2.ClH/c22-25(23,20-14-4-2-1-3-5-14)15-12-13-6-7-19-17(16(13)24-15)21-10-8-18-9-11-21;/h1-7,12,18,20H,8-11H2;1H. The molecule has 2 aromatic heterocycles. The second kappa shape index (κ2) is 7.79. The Morgan fingerprint density at radius 3 is 2.58 bits per heavy atom. The van der Waals surface area contributed by atoms with E-state index in [9.17, 15) is 8.42 Å². The Labute approximate surface area is 162 Å². The van der Waals surface area contributed by atoms with Crippen molar-refractivity contribution in [2.24, 2.45) is 0 Å². The third-order valence-electron chi connectivity index (χ3n) is 4.10. The zero-order valence-corrected chi connectivity index (χ0v) is 16.3. The van der Waals surface area contributed by atoms with E-state index in [4.69, 9.17) is 0 Å². The SMILES string of the molecule is Cl.O=S(=O)(Nc1ccccc1)c1cc2ccnc(N3CCNCC3)c2s1. The summed E-state index contributed by atoms with van der Waals surface area (Å²) in [5.74, 6) is 0.866. The van der Waals surface area contributed by atoms with Crippen molar-refractivity contribution in [3.05, 3.63) is 48.7 Å². The average molecular weight is 411 g/mol. The van der Waals surface area contributed by atoms with E-state index in [1.807, 2.05) is 12.1 Å². The van der Waals surface area contributed by atoms with E-state index in [0.717, 1.165) is 42.1 Å². The van der Waals surface area contributed by atoms with Gasteiger partial charge in [0.1, 0.15) is 10.0 Å². The number of nitrogens with zero attached hydrogens (tertiary/aromatic N) is 2. The molecule has 0 radical (unpaired) electrons. The highest BCUT2D eigenvalue weighted by Crippen LogP contribution is 2.35. The van der Waals surface area contributed by atoms with E-state index < -0.39 is 10.0 Å². The Kier molecular flexibility index (Phi) is 5.67. The molecule has 138 valence electrons. The molecule has 1 aromatic carbocycles.